The van der Waals surface area contributed by atoms with Crippen molar-refractivity contribution in [2.75, 3.05) is 0 Å². The van der Waals surface area contributed by atoms with Gasteiger partial charge in [0.15, 0.2) is 5.16 Å². The molecule has 0 amide bonds. The molecule has 2 heterocycles. The van der Waals surface area contributed by atoms with E-state index in [9.17, 15) is 10.1 Å². The van der Waals surface area contributed by atoms with Crippen LogP contribution in [-0.2, 0) is 5.75 Å². The maximum absolute atomic E-state index is 10.8. The second-order valence-electron chi connectivity index (χ2n) is 4.98. The zero-order valence-corrected chi connectivity index (χ0v) is 12.7. The summed E-state index contributed by atoms with van der Waals surface area (Å²) in [5, 5.41) is 18.8. The second-order valence-corrected chi connectivity index (χ2v) is 5.92. The molecule has 0 radical (unpaired) electrons. The normalized spacial score (nSPS) is 11.3. The molecule has 4 aromatic rings. The van der Waals surface area contributed by atoms with Crippen LogP contribution >= 0.6 is 11.8 Å². The monoisotopic (exact) mass is 325 g/mol. The van der Waals surface area contributed by atoms with Crippen molar-refractivity contribution in [3.63, 3.8) is 0 Å². The summed E-state index contributed by atoms with van der Waals surface area (Å²) in [5.41, 5.74) is 2.87. The lowest BCUT2D eigenvalue weighted by molar-refractivity contribution is -0.384. The highest BCUT2D eigenvalue weighted by molar-refractivity contribution is 7.98. The van der Waals surface area contributed by atoms with Crippen LogP contribution < -0.4 is 0 Å². The predicted molar refractivity (Wildman–Crippen MR) is 87.5 cm³/mol. The number of nitrogens with one attached hydrogen (secondary N) is 1. The topological polar surface area (TPSA) is 89.1 Å². The lowest BCUT2D eigenvalue weighted by atomic mass is 10.2. The molecule has 1 N–H and O–H groups in total. The zero-order chi connectivity index (χ0) is 15.8. The zero-order valence-electron chi connectivity index (χ0n) is 11.8. The largest absolute Gasteiger partial charge is 0.269 e. The molecule has 0 spiro atoms. The SMILES string of the molecule is O=[N+]([O-])c1cccc(CSc2n[nH]c3nc4ccccc4n23)c1. The molecular formula is C15H11N5O2S. The fourth-order valence-electron chi connectivity index (χ4n) is 2.45. The average Bonchev–Trinajstić information content (AvgIpc) is 3.12. The number of imidazole rings is 1. The summed E-state index contributed by atoms with van der Waals surface area (Å²) in [4.78, 5) is 14.9. The quantitative estimate of drug-likeness (QED) is 0.353. The Morgan fingerprint density at radius 3 is 2.96 bits per heavy atom. The summed E-state index contributed by atoms with van der Waals surface area (Å²) in [6.45, 7) is 0. The van der Waals surface area contributed by atoms with Gasteiger partial charge in [-0.25, -0.2) is 10.1 Å². The highest BCUT2D eigenvalue weighted by Gasteiger charge is 2.12. The molecule has 0 unspecified atom stereocenters. The van der Waals surface area contributed by atoms with E-state index in [1.165, 1.54) is 17.8 Å². The van der Waals surface area contributed by atoms with Crippen LogP contribution in [0.1, 0.15) is 5.56 Å². The Kier molecular flexibility index (Phi) is 3.23. The summed E-state index contributed by atoms with van der Waals surface area (Å²) in [7, 11) is 0. The number of para-hydroxylation sites is 2. The fraction of sp³-hybridized carbons (Fsp3) is 0.0667. The number of H-pyrrole nitrogens is 1. The van der Waals surface area contributed by atoms with Crippen molar-refractivity contribution in [3.8, 4) is 0 Å². The third-order valence-corrected chi connectivity index (χ3v) is 4.50. The molecule has 0 saturated carbocycles. The van der Waals surface area contributed by atoms with Crippen molar-refractivity contribution < 1.29 is 4.92 Å². The third kappa shape index (κ3) is 2.42. The molecule has 0 bridgehead atoms. The summed E-state index contributed by atoms with van der Waals surface area (Å²) in [6.07, 6.45) is 0. The second kappa shape index (κ2) is 5.40. The third-order valence-electron chi connectivity index (χ3n) is 3.49. The molecule has 0 aliphatic heterocycles. The van der Waals surface area contributed by atoms with Crippen LogP contribution in [-0.4, -0.2) is 24.5 Å². The number of benzene rings is 2. The first kappa shape index (κ1) is 13.8. The lowest BCUT2D eigenvalue weighted by Crippen LogP contribution is -1.90. The minimum Gasteiger partial charge on any atom is -0.258 e. The highest BCUT2D eigenvalue weighted by Crippen LogP contribution is 2.26. The molecule has 7 nitrogen and oxygen atoms in total. The van der Waals surface area contributed by atoms with E-state index in [0.717, 1.165) is 21.8 Å². The molecule has 2 aromatic heterocycles. The minimum absolute atomic E-state index is 0.100. The number of rotatable bonds is 4. The number of thioether (sulfide) groups is 1. The van der Waals surface area contributed by atoms with Crippen LogP contribution in [0.3, 0.4) is 0 Å². The smallest absolute Gasteiger partial charge is 0.258 e. The molecule has 23 heavy (non-hydrogen) atoms. The molecule has 4 rings (SSSR count). The molecule has 2 aromatic carbocycles. The van der Waals surface area contributed by atoms with Crippen LogP contribution in [0.5, 0.6) is 0 Å². The minimum atomic E-state index is -0.385. The Morgan fingerprint density at radius 1 is 1.22 bits per heavy atom. The van der Waals surface area contributed by atoms with Gasteiger partial charge >= 0.3 is 0 Å². The summed E-state index contributed by atoms with van der Waals surface area (Å²) < 4.78 is 1.96. The molecule has 0 aliphatic carbocycles. The van der Waals surface area contributed by atoms with Crippen LogP contribution in [0.4, 0.5) is 5.69 Å². The van der Waals surface area contributed by atoms with Gasteiger partial charge in [-0.3, -0.25) is 14.5 Å². The first-order valence-electron chi connectivity index (χ1n) is 6.90. The van der Waals surface area contributed by atoms with Crippen molar-refractivity contribution >= 4 is 34.3 Å². The van der Waals surface area contributed by atoms with Gasteiger partial charge in [0.2, 0.25) is 5.78 Å². The van der Waals surface area contributed by atoms with Crippen molar-refractivity contribution in [1.29, 1.82) is 0 Å². The number of nitro groups is 1. The van der Waals surface area contributed by atoms with Crippen molar-refractivity contribution in [2.24, 2.45) is 0 Å². The summed E-state index contributed by atoms with van der Waals surface area (Å²) >= 11 is 1.51. The van der Waals surface area contributed by atoms with Gasteiger partial charge in [-0.2, -0.15) is 0 Å². The van der Waals surface area contributed by atoms with Crippen LogP contribution in [0.15, 0.2) is 53.7 Å². The van der Waals surface area contributed by atoms with Crippen LogP contribution in [0, 0.1) is 10.1 Å². The first-order chi connectivity index (χ1) is 11.2. The van der Waals surface area contributed by atoms with E-state index in [-0.39, 0.29) is 10.6 Å². The van der Waals surface area contributed by atoms with Gasteiger partial charge in [0.1, 0.15) is 0 Å². The van der Waals surface area contributed by atoms with Crippen LogP contribution in [0.25, 0.3) is 16.8 Å². The van der Waals surface area contributed by atoms with Crippen molar-refractivity contribution in [1.82, 2.24) is 19.6 Å². The number of aromatic nitrogens is 4. The molecule has 8 heteroatoms. The lowest BCUT2D eigenvalue weighted by Gasteiger charge is -2.00. The van der Waals surface area contributed by atoms with Gasteiger partial charge in [0, 0.05) is 17.9 Å². The van der Waals surface area contributed by atoms with Crippen molar-refractivity contribution in [2.45, 2.75) is 10.9 Å². The standard InChI is InChI=1S/C15H11N5O2S/c21-20(22)11-5-3-4-10(8-11)9-23-15-18-17-14-16-12-6-1-2-7-13(12)19(14)15/h1-8H,9H2,(H,16,17). The van der Waals surface area contributed by atoms with Gasteiger partial charge in [-0.15, -0.1) is 5.10 Å². The van der Waals surface area contributed by atoms with E-state index in [1.807, 2.05) is 34.7 Å². The molecule has 0 saturated heterocycles. The Balaban J connectivity index is 1.65. The van der Waals surface area contributed by atoms with E-state index < -0.39 is 0 Å². The summed E-state index contributed by atoms with van der Waals surface area (Å²) in [5.74, 6) is 1.28. The van der Waals surface area contributed by atoms with Gasteiger partial charge in [0.05, 0.1) is 16.0 Å². The molecular weight excluding hydrogens is 314 g/mol. The number of hydrogen-bond acceptors (Lipinski definition) is 5. The molecule has 0 atom stereocenters. The van der Waals surface area contributed by atoms with E-state index in [0.29, 0.717) is 11.5 Å². The molecule has 0 aliphatic rings. The number of fused-ring (bicyclic) bond motifs is 3. The number of nitro benzene ring substituents is 1. The van der Waals surface area contributed by atoms with E-state index in [2.05, 4.69) is 15.2 Å². The number of nitrogens with zero attached hydrogens (tertiary/aromatic N) is 4. The Labute approximate surface area is 134 Å². The molecule has 114 valence electrons. The van der Waals surface area contributed by atoms with Gasteiger partial charge in [0.25, 0.3) is 5.69 Å². The van der Waals surface area contributed by atoms with Crippen LogP contribution in [0.2, 0.25) is 0 Å². The van der Waals surface area contributed by atoms with E-state index in [4.69, 9.17) is 0 Å². The fourth-order valence-corrected chi connectivity index (χ4v) is 3.35. The summed E-state index contributed by atoms with van der Waals surface area (Å²) in [6, 6.07) is 14.5. The maximum atomic E-state index is 10.8. The van der Waals surface area contributed by atoms with Crippen molar-refractivity contribution in [3.05, 3.63) is 64.2 Å². The highest BCUT2D eigenvalue weighted by atomic mass is 32.2. The average molecular weight is 325 g/mol. The Hall–Kier alpha value is -2.87. The Bertz CT molecular complexity index is 1020. The number of non-ortho nitro benzene ring substituents is 1. The molecule has 0 fully saturated rings. The predicted octanol–water partition coefficient (Wildman–Crippen LogP) is 3.41. The van der Waals surface area contributed by atoms with Gasteiger partial charge in [-0.05, 0) is 17.7 Å². The first-order valence-corrected chi connectivity index (χ1v) is 7.88. The van der Waals surface area contributed by atoms with Gasteiger partial charge < -0.3 is 0 Å². The number of aromatic amines is 1. The van der Waals surface area contributed by atoms with E-state index >= 15 is 0 Å². The van der Waals surface area contributed by atoms with E-state index in [1.54, 1.807) is 12.1 Å². The van der Waals surface area contributed by atoms with Gasteiger partial charge in [-0.1, -0.05) is 36.0 Å². The Morgan fingerprint density at radius 2 is 2.09 bits per heavy atom. The maximum Gasteiger partial charge on any atom is 0.269 e. The number of hydrogen-bond donors (Lipinski definition) is 1.